The minimum Gasteiger partial charge on any atom is -0.377 e. The molecule has 3 heteroatoms. The molecule has 0 radical (unpaired) electrons. The molecule has 4 atom stereocenters. The molecule has 2 aromatic carbocycles. The Kier molecular flexibility index (Phi) is 3.30. The lowest BCUT2D eigenvalue weighted by molar-refractivity contribution is -0.132. The van der Waals surface area contributed by atoms with Gasteiger partial charge in [-0.2, -0.15) is 0 Å². The van der Waals surface area contributed by atoms with Gasteiger partial charge in [-0.1, -0.05) is 48.6 Å². The van der Waals surface area contributed by atoms with Crippen molar-refractivity contribution < 1.29 is 9.84 Å². The summed E-state index contributed by atoms with van der Waals surface area (Å²) in [5.41, 5.74) is 2.57. The van der Waals surface area contributed by atoms with Crippen molar-refractivity contribution in [3.05, 3.63) is 53.6 Å². The summed E-state index contributed by atoms with van der Waals surface area (Å²) >= 11 is 0. The highest BCUT2D eigenvalue weighted by Gasteiger charge is 2.43. The van der Waals surface area contributed by atoms with Crippen molar-refractivity contribution in [3.8, 4) is 0 Å². The van der Waals surface area contributed by atoms with E-state index in [1.807, 2.05) is 11.9 Å². The molecule has 0 bridgehead atoms. The molecule has 2 aliphatic rings. The molecule has 0 spiro atoms. The van der Waals surface area contributed by atoms with Gasteiger partial charge in [-0.05, 0) is 34.9 Å². The lowest BCUT2D eigenvalue weighted by atomic mass is 9.72. The molecular formula is C19H21NO2. The molecule has 4 unspecified atom stereocenters. The van der Waals surface area contributed by atoms with Gasteiger partial charge in [0, 0.05) is 19.6 Å². The van der Waals surface area contributed by atoms with Gasteiger partial charge in [0.2, 0.25) is 0 Å². The predicted octanol–water partition coefficient (Wildman–Crippen LogP) is 2.85. The summed E-state index contributed by atoms with van der Waals surface area (Å²) < 4.78 is 5.69. The molecule has 0 saturated carbocycles. The summed E-state index contributed by atoms with van der Waals surface area (Å²) in [7, 11) is 3.65. The average Bonchev–Trinajstić information content (AvgIpc) is 2.55. The monoisotopic (exact) mass is 295 g/mol. The van der Waals surface area contributed by atoms with E-state index in [4.69, 9.17) is 4.74 Å². The van der Waals surface area contributed by atoms with Crippen LogP contribution in [0.1, 0.15) is 17.0 Å². The number of aliphatic hydroxyl groups is 1. The van der Waals surface area contributed by atoms with Crippen LogP contribution in [0.4, 0.5) is 0 Å². The predicted molar refractivity (Wildman–Crippen MR) is 88.6 cm³/mol. The van der Waals surface area contributed by atoms with E-state index in [0.717, 1.165) is 6.54 Å². The van der Waals surface area contributed by atoms with Gasteiger partial charge in [0.05, 0.1) is 0 Å². The number of aliphatic hydroxyl groups excluding tert-OH is 1. The fourth-order valence-electron chi connectivity index (χ4n) is 4.10. The molecule has 114 valence electrons. The molecule has 1 aliphatic carbocycles. The Morgan fingerprint density at radius 2 is 2.00 bits per heavy atom. The van der Waals surface area contributed by atoms with Crippen LogP contribution in [-0.4, -0.2) is 43.0 Å². The first-order valence-electron chi connectivity index (χ1n) is 7.81. The summed E-state index contributed by atoms with van der Waals surface area (Å²) in [6, 6.07) is 12.9. The zero-order valence-electron chi connectivity index (χ0n) is 12.9. The second-order valence-corrected chi connectivity index (χ2v) is 6.39. The molecule has 1 saturated heterocycles. The first-order chi connectivity index (χ1) is 10.7. The summed E-state index contributed by atoms with van der Waals surface area (Å²) in [4.78, 5) is 1.98. The third kappa shape index (κ3) is 1.93. The maximum atomic E-state index is 10.5. The van der Waals surface area contributed by atoms with Crippen molar-refractivity contribution >= 4 is 16.8 Å². The molecule has 1 aliphatic heterocycles. The minimum absolute atomic E-state index is 0.200. The molecule has 1 fully saturated rings. The van der Waals surface area contributed by atoms with E-state index in [2.05, 4.69) is 48.6 Å². The molecule has 4 rings (SSSR count). The molecule has 22 heavy (non-hydrogen) atoms. The number of likely N-dealkylation sites (tertiary alicyclic amines) is 1. The Hall–Kier alpha value is -1.68. The number of fused-ring (bicyclic) bond motifs is 5. The van der Waals surface area contributed by atoms with Crippen molar-refractivity contribution in [1.29, 1.82) is 0 Å². The summed E-state index contributed by atoms with van der Waals surface area (Å²) in [6.07, 6.45) is 3.77. The number of hydrogen-bond acceptors (Lipinski definition) is 3. The first-order valence-corrected chi connectivity index (χ1v) is 7.81. The molecule has 1 N–H and O–H groups in total. The second-order valence-electron chi connectivity index (χ2n) is 6.39. The highest BCUT2D eigenvalue weighted by molar-refractivity contribution is 5.92. The maximum Gasteiger partial charge on any atom is 0.134 e. The number of piperidine rings is 1. The lowest BCUT2D eigenvalue weighted by Gasteiger charge is -2.46. The van der Waals surface area contributed by atoms with E-state index >= 15 is 0 Å². The third-order valence-electron chi connectivity index (χ3n) is 5.21. The highest BCUT2D eigenvalue weighted by atomic mass is 16.5. The van der Waals surface area contributed by atoms with Gasteiger partial charge in [-0.25, -0.2) is 0 Å². The van der Waals surface area contributed by atoms with E-state index in [9.17, 15) is 5.11 Å². The Bertz CT molecular complexity index is 739. The zero-order chi connectivity index (χ0) is 15.3. The number of likely N-dealkylation sites (N-methyl/N-ethyl adjacent to an activating group) is 1. The van der Waals surface area contributed by atoms with Crippen molar-refractivity contribution in [3.63, 3.8) is 0 Å². The van der Waals surface area contributed by atoms with Crippen LogP contribution in [0.3, 0.4) is 0 Å². The molecular weight excluding hydrogens is 274 g/mol. The smallest absolute Gasteiger partial charge is 0.134 e. The van der Waals surface area contributed by atoms with Crippen LogP contribution in [0.15, 0.2) is 42.5 Å². The van der Waals surface area contributed by atoms with Crippen LogP contribution < -0.4 is 0 Å². The SMILES string of the molecule is COC1C2c3ccc4ccccc4c3C=CC2CN(C)C1O. The van der Waals surface area contributed by atoms with E-state index in [1.165, 1.54) is 21.9 Å². The van der Waals surface area contributed by atoms with Crippen molar-refractivity contribution in [2.75, 3.05) is 20.7 Å². The van der Waals surface area contributed by atoms with Crippen molar-refractivity contribution in [2.45, 2.75) is 18.2 Å². The number of rotatable bonds is 1. The lowest BCUT2D eigenvalue weighted by Crippen LogP contribution is -2.54. The third-order valence-corrected chi connectivity index (χ3v) is 5.21. The molecule has 2 aromatic rings. The van der Waals surface area contributed by atoms with Crippen LogP contribution in [0.25, 0.3) is 16.8 Å². The number of benzene rings is 2. The molecule has 0 aromatic heterocycles. The Morgan fingerprint density at radius 1 is 1.18 bits per heavy atom. The van der Waals surface area contributed by atoms with Gasteiger partial charge >= 0.3 is 0 Å². The normalized spacial score (nSPS) is 31.0. The summed E-state index contributed by atoms with van der Waals surface area (Å²) in [6.45, 7) is 0.856. The van der Waals surface area contributed by atoms with Gasteiger partial charge in [0.1, 0.15) is 12.3 Å². The number of methoxy groups -OCH3 is 1. The number of hydrogen-bond donors (Lipinski definition) is 1. The standard InChI is InChI=1S/C19H21NO2/c1-20-11-13-8-9-15-14-6-4-3-5-12(14)7-10-16(15)17(13)18(22-2)19(20)21/h3-10,13,17-19,21H,11H2,1-2H3. The number of nitrogens with zero attached hydrogens (tertiary/aromatic N) is 1. The summed E-state index contributed by atoms with van der Waals surface area (Å²) in [5, 5.41) is 13.0. The van der Waals surface area contributed by atoms with E-state index in [1.54, 1.807) is 7.11 Å². The van der Waals surface area contributed by atoms with Crippen LogP contribution in [0.2, 0.25) is 0 Å². The van der Waals surface area contributed by atoms with Gasteiger partial charge in [-0.3, -0.25) is 4.90 Å². The molecule has 0 amide bonds. The highest BCUT2D eigenvalue weighted by Crippen LogP contribution is 2.44. The van der Waals surface area contributed by atoms with Crippen molar-refractivity contribution in [1.82, 2.24) is 4.90 Å². The van der Waals surface area contributed by atoms with Crippen LogP contribution in [-0.2, 0) is 4.74 Å². The zero-order valence-corrected chi connectivity index (χ0v) is 12.9. The van der Waals surface area contributed by atoms with Gasteiger partial charge < -0.3 is 9.84 Å². The fourth-order valence-corrected chi connectivity index (χ4v) is 4.10. The van der Waals surface area contributed by atoms with E-state index in [-0.39, 0.29) is 12.0 Å². The molecule has 3 nitrogen and oxygen atoms in total. The Labute approximate surface area is 130 Å². The van der Waals surface area contributed by atoms with Gasteiger partial charge in [0.25, 0.3) is 0 Å². The average molecular weight is 295 g/mol. The quantitative estimate of drug-likeness (QED) is 0.878. The maximum absolute atomic E-state index is 10.5. The van der Waals surface area contributed by atoms with Crippen LogP contribution in [0, 0.1) is 5.92 Å². The second kappa shape index (κ2) is 5.20. The summed E-state index contributed by atoms with van der Waals surface area (Å²) in [5.74, 6) is 0.591. The minimum atomic E-state index is -0.558. The number of ether oxygens (including phenoxy) is 1. The van der Waals surface area contributed by atoms with Crippen LogP contribution >= 0.6 is 0 Å². The first kappa shape index (κ1) is 13.9. The van der Waals surface area contributed by atoms with Crippen molar-refractivity contribution in [2.24, 2.45) is 5.92 Å². The largest absolute Gasteiger partial charge is 0.377 e. The Morgan fingerprint density at radius 3 is 2.82 bits per heavy atom. The topological polar surface area (TPSA) is 32.7 Å². The van der Waals surface area contributed by atoms with Gasteiger partial charge in [-0.15, -0.1) is 0 Å². The Balaban J connectivity index is 1.90. The van der Waals surface area contributed by atoms with E-state index in [0.29, 0.717) is 5.92 Å². The van der Waals surface area contributed by atoms with E-state index < -0.39 is 6.23 Å². The molecule has 1 heterocycles. The van der Waals surface area contributed by atoms with Gasteiger partial charge in [0.15, 0.2) is 0 Å². The van der Waals surface area contributed by atoms with Crippen LogP contribution in [0.5, 0.6) is 0 Å². The fraction of sp³-hybridized carbons (Fsp3) is 0.368.